The Morgan fingerprint density at radius 3 is 2.63 bits per heavy atom. The van der Waals surface area contributed by atoms with Gasteiger partial charge in [-0.25, -0.2) is 4.98 Å². The SMILES string of the molecule is Cc1cccc(-n2c(=O)ccc3cnc4ccc(-c5ccc(CO)nc5)nc4c32)c1. The van der Waals surface area contributed by atoms with Crippen molar-refractivity contribution in [1.29, 1.82) is 0 Å². The van der Waals surface area contributed by atoms with Crippen molar-refractivity contribution in [3.8, 4) is 16.9 Å². The molecular formula is C24H18N4O2. The summed E-state index contributed by atoms with van der Waals surface area (Å²) in [5.41, 5.74) is 5.96. The number of aliphatic hydroxyl groups excluding tert-OH is 1. The van der Waals surface area contributed by atoms with Gasteiger partial charge in [0.05, 0.1) is 29.0 Å². The number of hydrogen-bond acceptors (Lipinski definition) is 5. The van der Waals surface area contributed by atoms with Crippen LogP contribution in [0.1, 0.15) is 11.3 Å². The minimum Gasteiger partial charge on any atom is -0.390 e. The van der Waals surface area contributed by atoms with Gasteiger partial charge in [0.15, 0.2) is 0 Å². The fourth-order valence-electron chi connectivity index (χ4n) is 3.62. The summed E-state index contributed by atoms with van der Waals surface area (Å²) in [6.45, 7) is 1.89. The molecule has 0 aliphatic carbocycles. The summed E-state index contributed by atoms with van der Waals surface area (Å²) in [6.07, 6.45) is 3.45. The molecule has 0 aliphatic heterocycles. The Hall–Kier alpha value is -3.90. The lowest BCUT2D eigenvalue weighted by Gasteiger charge is -2.13. The Morgan fingerprint density at radius 1 is 0.967 bits per heavy atom. The van der Waals surface area contributed by atoms with Crippen LogP contribution in [0.2, 0.25) is 0 Å². The maximum atomic E-state index is 12.9. The number of pyridine rings is 4. The van der Waals surface area contributed by atoms with E-state index in [9.17, 15) is 9.90 Å². The molecule has 4 aromatic heterocycles. The van der Waals surface area contributed by atoms with E-state index in [-0.39, 0.29) is 12.2 Å². The van der Waals surface area contributed by atoms with E-state index in [4.69, 9.17) is 4.98 Å². The Morgan fingerprint density at radius 2 is 1.87 bits per heavy atom. The van der Waals surface area contributed by atoms with Crippen LogP contribution in [0.4, 0.5) is 0 Å². The Balaban J connectivity index is 1.83. The zero-order valence-corrected chi connectivity index (χ0v) is 16.3. The molecule has 1 aromatic carbocycles. The highest BCUT2D eigenvalue weighted by molar-refractivity contribution is 6.02. The molecule has 30 heavy (non-hydrogen) atoms. The molecule has 0 fully saturated rings. The van der Waals surface area contributed by atoms with Gasteiger partial charge >= 0.3 is 0 Å². The van der Waals surface area contributed by atoms with E-state index in [2.05, 4.69) is 9.97 Å². The number of nitrogens with zero attached hydrogens (tertiary/aromatic N) is 4. The number of fused-ring (bicyclic) bond motifs is 3. The Bertz CT molecular complexity index is 1460. The molecule has 4 heterocycles. The molecule has 5 aromatic rings. The van der Waals surface area contributed by atoms with Crippen molar-refractivity contribution in [2.75, 3.05) is 0 Å². The van der Waals surface area contributed by atoms with E-state index in [1.165, 1.54) is 0 Å². The van der Waals surface area contributed by atoms with Gasteiger partial charge in [0.1, 0.15) is 5.52 Å². The fraction of sp³-hybridized carbons (Fsp3) is 0.0833. The average molecular weight is 394 g/mol. The molecule has 146 valence electrons. The van der Waals surface area contributed by atoms with E-state index in [0.29, 0.717) is 16.7 Å². The minimum atomic E-state index is -0.123. The van der Waals surface area contributed by atoms with E-state index < -0.39 is 0 Å². The minimum absolute atomic E-state index is 0.108. The van der Waals surface area contributed by atoms with Gasteiger partial charge in [0.25, 0.3) is 5.56 Å². The second-order valence-corrected chi connectivity index (χ2v) is 7.17. The molecular weight excluding hydrogens is 376 g/mol. The first-order valence-corrected chi connectivity index (χ1v) is 9.59. The lowest BCUT2D eigenvalue weighted by atomic mass is 10.1. The molecule has 0 saturated carbocycles. The largest absolute Gasteiger partial charge is 0.390 e. The summed E-state index contributed by atoms with van der Waals surface area (Å²) in [4.78, 5) is 26.5. The van der Waals surface area contributed by atoms with Gasteiger partial charge in [-0.15, -0.1) is 0 Å². The highest BCUT2D eigenvalue weighted by atomic mass is 16.3. The van der Waals surface area contributed by atoms with Crippen molar-refractivity contribution in [1.82, 2.24) is 19.5 Å². The third-order valence-corrected chi connectivity index (χ3v) is 5.11. The lowest BCUT2D eigenvalue weighted by Crippen LogP contribution is -2.18. The molecule has 0 unspecified atom stereocenters. The van der Waals surface area contributed by atoms with E-state index in [1.807, 2.05) is 49.4 Å². The van der Waals surface area contributed by atoms with Crippen LogP contribution in [0.3, 0.4) is 0 Å². The van der Waals surface area contributed by atoms with Crippen molar-refractivity contribution in [3.63, 3.8) is 0 Å². The first-order valence-electron chi connectivity index (χ1n) is 9.59. The monoisotopic (exact) mass is 394 g/mol. The number of hydrogen-bond donors (Lipinski definition) is 1. The van der Waals surface area contributed by atoms with Crippen LogP contribution in [-0.4, -0.2) is 24.6 Å². The van der Waals surface area contributed by atoms with E-state index in [1.54, 1.807) is 35.2 Å². The van der Waals surface area contributed by atoms with Gasteiger partial charge in [0.2, 0.25) is 0 Å². The summed E-state index contributed by atoms with van der Waals surface area (Å²) >= 11 is 0. The topological polar surface area (TPSA) is 80.9 Å². The van der Waals surface area contributed by atoms with E-state index >= 15 is 0 Å². The summed E-state index contributed by atoms with van der Waals surface area (Å²) in [7, 11) is 0. The average Bonchev–Trinajstić information content (AvgIpc) is 2.78. The molecule has 0 saturated heterocycles. The Kier molecular flexibility index (Phi) is 4.34. The molecule has 0 radical (unpaired) electrons. The summed E-state index contributed by atoms with van der Waals surface area (Å²) in [6, 6.07) is 18.6. The summed E-state index contributed by atoms with van der Waals surface area (Å²) in [5.74, 6) is 0. The molecule has 5 rings (SSSR count). The van der Waals surface area contributed by atoms with Crippen LogP contribution in [0.25, 0.3) is 38.9 Å². The highest BCUT2D eigenvalue weighted by Crippen LogP contribution is 2.26. The lowest BCUT2D eigenvalue weighted by molar-refractivity contribution is 0.277. The van der Waals surface area contributed by atoms with Crippen molar-refractivity contribution in [3.05, 3.63) is 94.7 Å². The standard InChI is InChI=1S/C24H18N4O2/c1-15-3-2-4-19(11-15)28-22(30)10-6-17-13-26-21-9-8-20(27-23(21)24(17)28)16-5-7-18(14-29)25-12-16/h2-13,29H,14H2,1H3. The first-order chi connectivity index (χ1) is 14.6. The van der Waals surface area contributed by atoms with E-state index in [0.717, 1.165) is 33.4 Å². The smallest absolute Gasteiger partial charge is 0.255 e. The fourth-order valence-corrected chi connectivity index (χ4v) is 3.62. The third-order valence-electron chi connectivity index (χ3n) is 5.11. The molecule has 0 atom stereocenters. The first kappa shape index (κ1) is 18.1. The van der Waals surface area contributed by atoms with Crippen LogP contribution in [0.5, 0.6) is 0 Å². The van der Waals surface area contributed by atoms with Gasteiger partial charge in [-0.2, -0.15) is 0 Å². The van der Waals surface area contributed by atoms with Gasteiger partial charge < -0.3 is 5.11 Å². The number of aromatic nitrogens is 4. The number of aryl methyl sites for hydroxylation is 1. The maximum absolute atomic E-state index is 12.9. The van der Waals surface area contributed by atoms with Crippen molar-refractivity contribution < 1.29 is 5.11 Å². The van der Waals surface area contributed by atoms with Gasteiger partial charge in [-0.3, -0.25) is 19.3 Å². The molecule has 0 spiro atoms. The predicted octanol–water partition coefficient (Wildman–Crippen LogP) is 3.80. The predicted molar refractivity (Wildman–Crippen MR) is 117 cm³/mol. The van der Waals surface area contributed by atoms with Crippen LogP contribution in [0, 0.1) is 6.92 Å². The number of aliphatic hydroxyl groups is 1. The highest BCUT2D eigenvalue weighted by Gasteiger charge is 2.13. The maximum Gasteiger partial charge on any atom is 0.255 e. The summed E-state index contributed by atoms with van der Waals surface area (Å²) < 4.78 is 1.69. The van der Waals surface area contributed by atoms with Gasteiger partial charge in [-0.1, -0.05) is 12.1 Å². The van der Waals surface area contributed by atoms with Crippen molar-refractivity contribution in [2.45, 2.75) is 13.5 Å². The van der Waals surface area contributed by atoms with Crippen LogP contribution in [0.15, 0.2) is 77.9 Å². The zero-order valence-electron chi connectivity index (χ0n) is 16.3. The zero-order chi connectivity index (χ0) is 20.7. The van der Waals surface area contributed by atoms with Gasteiger partial charge in [-0.05, 0) is 55.0 Å². The molecule has 0 bridgehead atoms. The van der Waals surface area contributed by atoms with Crippen LogP contribution < -0.4 is 5.56 Å². The van der Waals surface area contributed by atoms with Crippen LogP contribution >= 0.6 is 0 Å². The quantitative estimate of drug-likeness (QED) is 0.471. The van der Waals surface area contributed by atoms with Crippen LogP contribution in [-0.2, 0) is 6.61 Å². The second kappa shape index (κ2) is 7.17. The number of benzene rings is 1. The molecule has 0 aliphatic rings. The number of rotatable bonds is 3. The van der Waals surface area contributed by atoms with Crippen molar-refractivity contribution in [2.24, 2.45) is 0 Å². The molecule has 1 N–H and O–H groups in total. The normalized spacial score (nSPS) is 11.3. The Labute approximate surface area is 172 Å². The molecule has 6 nitrogen and oxygen atoms in total. The summed E-state index contributed by atoms with van der Waals surface area (Å²) in [5, 5.41) is 10.1. The molecule has 0 amide bonds. The molecule has 6 heteroatoms. The second-order valence-electron chi connectivity index (χ2n) is 7.17. The third kappa shape index (κ3) is 3.03. The van der Waals surface area contributed by atoms with Gasteiger partial charge in [0, 0.05) is 35.1 Å². The van der Waals surface area contributed by atoms with Crippen molar-refractivity contribution >= 4 is 21.9 Å².